The summed E-state index contributed by atoms with van der Waals surface area (Å²) in [5, 5.41) is 18.6. The second-order valence-electron chi connectivity index (χ2n) is 6.46. The van der Waals surface area contributed by atoms with Crippen LogP contribution in [0.4, 0.5) is 0 Å². The average molecular weight is 397 g/mol. The first-order valence-electron chi connectivity index (χ1n) is 8.98. The quantitative estimate of drug-likeness (QED) is 0.517. The van der Waals surface area contributed by atoms with E-state index in [2.05, 4.69) is 15.0 Å². The number of rotatable bonds is 5. The summed E-state index contributed by atoms with van der Waals surface area (Å²) in [4.78, 5) is 36.1. The van der Waals surface area contributed by atoms with E-state index in [0.717, 1.165) is 11.8 Å². The zero-order valence-corrected chi connectivity index (χ0v) is 15.6. The maximum atomic E-state index is 11.4. The van der Waals surface area contributed by atoms with Crippen LogP contribution in [0, 0.1) is 0 Å². The number of carboxylic acid groups (broad SMARTS) is 2. The second kappa shape index (κ2) is 7.92. The highest BCUT2D eigenvalue weighted by Gasteiger charge is 2.13. The molecular weight excluding hydrogens is 382 g/mol. The number of pyridine rings is 3. The molecule has 0 aliphatic rings. The minimum atomic E-state index is -1.20. The Labute approximate surface area is 171 Å². The smallest absolute Gasteiger partial charge is 0.335 e. The Kier molecular flexibility index (Phi) is 5.00. The number of nitrogens with zero attached hydrogens (tertiary/aromatic N) is 3. The Hall–Kier alpha value is -4.39. The van der Waals surface area contributed by atoms with Gasteiger partial charge in [-0.2, -0.15) is 0 Å². The van der Waals surface area contributed by atoms with Gasteiger partial charge in [-0.25, -0.2) is 14.6 Å². The fraction of sp³-hybridized carbons (Fsp3) is 0. The molecule has 146 valence electrons. The van der Waals surface area contributed by atoms with Crippen LogP contribution in [-0.2, 0) is 0 Å². The van der Waals surface area contributed by atoms with Crippen molar-refractivity contribution in [2.45, 2.75) is 0 Å². The number of carbonyl (C=O) groups is 2. The predicted octanol–water partition coefficient (Wildman–Crippen LogP) is 4.27. The summed E-state index contributed by atoms with van der Waals surface area (Å²) in [5.41, 5.74) is 3.53. The Morgan fingerprint density at radius 3 is 1.87 bits per heavy atom. The SMILES string of the molecule is O=C(O)c1cc(C(=O)O)cc(-c2ccnc(-c3cccc(-c4ccccn4)n3)c2)c1. The first-order chi connectivity index (χ1) is 14.5. The van der Waals surface area contributed by atoms with Crippen molar-refractivity contribution in [3.63, 3.8) is 0 Å². The number of carboxylic acids is 2. The summed E-state index contributed by atoms with van der Waals surface area (Å²) >= 11 is 0. The molecular formula is C23H15N3O4. The molecule has 0 aliphatic heterocycles. The van der Waals surface area contributed by atoms with E-state index in [1.807, 2.05) is 36.4 Å². The van der Waals surface area contributed by atoms with E-state index in [1.165, 1.54) is 12.1 Å². The van der Waals surface area contributed by atoms with Gasteiger partial charge in [0.2, 0.25) is 0 Å². The third-order valence-corrected chi connectivity index (χ3v) is 4.46. The first kappa shape index (κ1) is 18.9. The van der Waals surface area contributed by atoms with E-state index in [9.17, 15) is 19.8 Å². The maximum Gasteiger partial charge on any atom is 0.335 e. The molecule has 0 aliphatic carbocycles. The van der Waals surface area contributed by atoms with Crippen molar-refractivity contribution >= 4 is 11.9 Å². The predicted molar refractivity (Wildman–Crippen MR) is 110 cm³/mol. The summed E-state index contributed by atoms with van der Waals surface area (Å²) in [7, 11) is 0. The van der Waals surface area contributed by atoms with Crippen molar-refractivity contribution < 1.29 is 19.8 Å². The van der Waals surface area contributed by atoms with Gasteiger partial charge in [-0.15, -0.1) is 0 Å². The molecule has 30 heavy (non-hydrogen) atoms. The molecule has 0 radical (unpaired) electrons. The molecule has 3 heterocycles. The van der Waals surface area contributed by atoms with Crippen LogP contribution in [0.1, 0.15) is 20.7 Å². The molecule has 0 saturated heterocycles. The third-order valence-electron chi connectivity index (χ3n) is 4.46. The molecule has 0 atom stereocenters. The van der Waals surface area contributed by atoms with E-state index < -0.39 is 11.9 Å². The Balaban J connectivity index is 1.78. The monoisotopic (exact) mass is 397 g/mol. The van der Waals surface area contributed by atoms with Crippen molar-refractivity contribution in [2.75, 3.05) is 0 Å². The van der Waals surface area contributed by atoms with Crippen molar-refractivity contribution in [1.29, 1.82) is 0 Å². The van der Waals surface area contributed by atoms with Gasteiger partial charge in [0.15, 0.2) is 0 Å². The van der Waals surface area contributed by atoms with Crippen molar-refractivity contribution in [3.8, 4) is 33.9 Å². The number of hydrogen-bond donors (Lipinski definition) is 2. The first-order valence-corrected chi connectivity index (χ1v) is 8.98. The van der Waals surface area contributed by atoms with Gasteiger partial charge in [0.05, 0.1) is 33.9 Å². The van der Waals surface area contributed by atoms with E-state index in [1.54, 1.807) is 24.5 Å². The van der Waals surface area contributed by atoms with Gasteiger partial charge in [-0.3, -0.25) is 9.97 Å². The lowest BCUT2D eigenvalue weighted by molar-refractivity contribution is 0.0696. The highest BCUT2D eigenvalue weighted by atomic mass is 16.4. The van der Waals surface area contributed by atoms with Gasteiger partial charge < -0.3 is 10.2 Å². The summed E-state index contributed by atoms with van der Waals surface area (Å²) in [6.45, 7) is 0. The van der Waals surface area contributed by atoms with Gasteiger partial charge in [0, 0.05) is 12.4 Å². The highest BCUT2D eigenvalue weighted by Crippen LogP contribution is 2.27. The fourth-order valence-corrected chi connectivity index (χ4v) is 3.03. The number of benzene rings is 1. The zero-order chi connectivity index (χ0) is 21.1. The summed E-state index contributed by atoms with van der Waals surface area (Å²) in [6.07, 6.45) is 3.27. The minimum Gasteiger partial charge on any atom is -0.478 e. The number of aromatic nitrogens is 3. The molecule has 2 N–H and O–H groups in total. The Morgan fingerprint density at radius 1 is 0.600 bits per heavy atom. The van der Waals surface area contributed by atoms with Crippen LogP contribution in [-0.4, -0.2) is 37.1 Å². The van der Waals surface area contributed by atoms with Crippen molar-refractivity contribution in [3.05, 3.63) is 90.3 Å². The molecule has 7 heteroatoms. The summed E-state index contributed by atoms with van der Waals surface area (Å²) in [5.74, 6) is -2.39. The molecule has 0 saturated carbocycles. The molecule has 3 aromatic heterocycles. The van der Waals surface area contributed by atoms with Crippen LogP contribution in [0.25, 0.3) is 33.9 Å². The molecule has 0 bridgehead atoms. The Bertz CT molecular complexity index is 1220. The molecule has 1 aromatic carbocycles. The normalized spacial score (nSPS) is 10.5. The lowest BCUT2D eigenvalue weighted by Crippen LogP contribution is -2.03. The fourth-order valence-electron chi connectivity index (χ4n) is 3.03. The molecule has 4 aromatic rings. The molecule has 7 nitrogen and oxygen atoms in total. The second-order valence-corrected chi connectivity index (χ2v) is 6.46. The lowest BCUT2D eigenvalue weighted by Gasteiger charge is -2.08. The lowest BCUT2D eigenvalue weighted by atomic mass is 9.99. The van der Waals surface area contributed by atoms with Gasteiger partial charge >= 0.3 is 11.9 Å². The molecule has 4 rings (SSSR count). The van der Waals surface area contributed by atoms with Crippen LogP contribution >= 0.6 is 0 Å². The molecule has 0 unspecified atom stereocenters. The summed E-state index contributed by atoms with van der Waals surface area (Å²) < 4.78 is 0. The standard InChI is InChI=1S/C23H15N3O4/c27-22(28)16-10-15(11-17(12-16)23(29)30)14-7-9-25-21(13-14)20-6-3-5-19(26-20)18-4-1-2-8-24-18/h1-13H,(H,27,28)(H,29,30). The zero-order valence-electron chi connectivity index (χ0n) is 15.6. The van der Waals surface area contributed by atoms with E-state index >= 15 is 0 Å². The van der Waals surface area contributed by atoms with Gasteiger partial charge in [-0.1, -0.05) is 12.1 Å². The van der Waals surface area contributed by atoms with E-state index in [4.69, 9.17) is 0 Å². The summed E-state index contributed by atoms with van der Waals surface area (Å²) in [6, 6.07) is 18.5. The van der Waals surface area contributed by atoms with Crippen LogP contribution < -0.4 is 0 Å². The minimum absolute atomic E-state index is 0.0986. The van der Waals surface area contributed by atoms with E-state index in [0.29, 0.717) is 28.2 Å². The largest absolute Gasteiger partial charge is 0.478 e. The van der Waals surface area contributed by atoms with Crippen molar-refractivity contribution in [1.82, 2.24) is 15.0 Å². The highest BCUT2D eigenvalue weighted by molar-refractivity contribution is 5.96. The van der Waals surface area contributed by atoms with Crippen LogP contribution in [0.5, 0.6) is 0 Å². The molecule has 0 amide bonds. The van der Waals surface area contributed by atoms with Gasteiger partial charge in [0.1, 0.15) is 0 Å². The molecule has 0 spiro atoms. The van der Waals surface area contributed by atoms with Crippen LogP contribution in [0.15, 0.2) is 79.1 Å². The van der Waals surface area contributed by atoms with E-state index in [-0.39, 0.29) is 11.1 Å². The maximum absolute atomic E-state index is 11.4. The molecule has 0 fully saturated rings. The Morgan fingerprint density at radius 2 is 1.23 bits per heavy atom. The van der Waals surface area contributed by atoms with Crippen LogP contribution in [0.3, 0.4) is 0 Å². The number of hydrogen-bond acceptors (Lipinski definition) is 5. The van der Waals surface area contributed by atoms with Crippen molar-refractivity contribution in [2.24, 2.45) is 0 Å². The number of aromatic carboxylic acids is 2. The topological polar surface area (TPSA) is 113 Å². The van der Waals surface area contributed by atoms with Crippen LogP contribution in [0.2, 0.25) is 0 Å². The third kappa shape index (κ3) is 3.90. The van der Waals surface area contributed by atoms with Gasteiger partial charge in [0.25, 0.3) is 0 Å². The average Bonchev–Trinajstić information content (AvgIpc) is 2.79. The van der Waals surface area contributed by atoms with Gasteiger partial charge in [-0.05, 0) is 65.7 Å².